The number of aliphatic hydroxyl groups excluding tert-OH is 1. The van der Waals surface area contributed by atoms with Crippen molar-refractivity contribution in [2.24, 2.45) is 5.92 Å². The maximum absolute atomic E-state index is 13.5. The molecule has 8 nitrogen and oxygen atoms in total. The van der Waals surface area contributed by atoms with Crippen molar-refractivity contribution in [3.8, 4) is 17.6 Å². The number of aromatic nitrogens is 1. The zero-order valence-electron chi connectivity index (χ0n) is 19.2. The second kappa shape index (κ2) is 10.3. The zero-order valence-corrected chi connectivity index (χ0v) is 20.0. The van der Waals surface area contributed by atoms with Gasteiger partial charge in [0.15, 0.2) is 0 Å². The molecule has 1 aromatic carbocycles. The summed E-state index contributed by atoms with van der Waals surface area (Å²) in [6, 6.07) is 7.69. The van der Waals surface area contributed by atoms with E-state index in [4.69, 9.17) is 4.74 Å². The fourth-order valence-corrected chi connectivity index (χ4v) is 5.33. The number of sulfonamides is 1. The number of aliphatic hydroxyl groups is 1. The first-order valence-electron chi connectivity index (χ1n) is 10.7. The van der Waals surface area contributed by atoms with E-state index in [0.717, 1.165) is 5.56 Å². The van der Waals surface area contributed by atoms with E-state index in [9.17, 15) is 18.3 Å². The number of carbonyl (C=O) groups is 1. The number of ether oxygens (including phenoxy) is 1. The van der Waals surface area contributed by atoms with E-state index in [0.29, 0.717) is 12.1 Å². The molecular formula is C24H29N3O5S. The number of rotatable bonds is 4. The fourth-order valence-electron chi connectivity index (χ4n) is 3.50. The van der Waals surface area contributed by atoms with Crippen molar-refractivity contribution in [1.29, 1.82) is 0 Å². The summed E-state index contributed by atoms with van der Waals surface area (Å²) < 4.78 is 34.5. The van der Waals surface area contributed by atoms with Crippen molar-refractivity contribution >= 4 is 15.9 Å². The minimum atomic E-state index is -3.93. The van der Waals surface area contributed by atoms with Crippen LogP contribution in [0.25, 0.3) is 0 Å². The second-order valence-corrected chi connectivity index (χ2v) is 10.1. The van der Waals surface area contributed by atoms with E-state index in [1.807, 2.05) is 6.92 Å². The third-order valence-electron chi connectivity index (χ3n) is 5.69. The van der Waals surface area contributed by atoms with Gasteiger partial charge in [0.1, 0.15) is 16.7 Å². The van der Waals surface area contributed by atoms with Gasteiger partial charge in [-0.25, -0.2) is 8.42 Å². The molecule has 9 heteroatoms. The Morgan fingerprint density at radius 2 is 1.94 bits per heavy atom. The number of hydrogen-bond acceptors (Lipinski definition) is 6. The van der Waals surface area contributed by atoms with Gasteiger partial charge in [-0.15, -0.1) is 0 Å². The van der Waals surface area contributed by atoms with Crippen LogP contribution in [0.1, 0.15) is 31.9 Å². The van der Waals surface area contributed by atoms with Crippen molar-refractivity contribution in [2.75, 3.05) is 26.7 Å². The van der Waals surface area contributed by atoms with Crippen LogP contribution in [0.15, 0.2) is 47.6 Å². The molecule has 0 unspecified atom stereocenters. The Bertz CT molecular complexity index is 1160. The lowest BCUT2D eigenvalue weighted by atomic mass is 10.0. The lowest BCUT2D eigenvalue weighted by Crippen LogP contribution is -2.50. The largest absolute Gasteiger partial charge is 0.487 e. The van der Waals surface area contributed by atoms with E-state index >= 15 is 0 Å². The first kappa shape index (κ1) is 24.7. The molecule has 0 bridgehead atoms. The highest BCUT2D eigenvalue weighted by molar-refractivity contribution is 7.89. The second-order valence-electron chi connectivity index (χ2n) is 8.29. The summed E-state index contributed by atoms with van der Waals surface area (Å²) in [5.74, 6) is 5.89. The third-order valence-corrected chi connectivity index (χ3v) is 7.71. The molecule has 3 rings (SSSR count). The van der Waals surface area contributed by atoms with Crippen molar-refractivity contribution in [2.45, 2.75) is 37.8 Å². The summed E-state index contributed by atoms with van der Waals surface area (Å²) in [5, 5.41) is 9.71. The summed E-state index contributed by atoms with van der Waals surface area (Å²) >= 11 is 0. The summed E-state index contributed by atoms with van der Waals surface area (Å²) in [4.78, 5) is 17.4. The fraction of sp³-hybridized carbons (Fsp3) is 0.417. The topological polar surface area (TPSA) is 100 Å². The Labute approximate surface area is 195 Å². The average molecular weight is 472 g/mol. The predicted octanol–water partition coefficient (Wildman–Crippen LogP) is 1.73. The van der Waals surface area contributed by atoms with Crippen LogP contribution in [0.4, 0.5) is 0 Å². The molecule has 0 saturated heterocycles. The molecule has 0 fully saturated rings. The summed E-state index contributed by atoms with van der Waals surface area (Å²) in [7, 11) is -2.25. The van der Waals surface area contributed by atoms with Crippen molar-refractivity contribution in [3.63, 3.8) is 0 Å². The SMILES string of the molecule is CC(=O)N(C)C[C@@H]1Oc2cc(C#Cc3ccncc3)ccc2S(=O)(=O)N([C@H](C)CO)C[C@@H]1C. The molecule has 1 amide bonds. The van der Waals surface area contributed by atoms with Gasteiger partial charge in [-0.05, 0) is 37.3 Å². The molecule has 1 aliphatic heterocycles. The maximum atomic E-state index is 13.5. The van der Waals surface area contributed by atoms with Gasteiger partial charge in [0.25, 0.3) is 0 Å². The number of pyridine rings is 1. The molecule has 2 heterocycles. The first-order valence-corrected chi connectivity index (χ1v) is 12.1. The zero-order chi connectivity index (χ0) is 24.2. The Hall–Kier alpha value is -2.93. The number of carbonyl (C=O) groups excluding carboxylic acids is 1. The van der Waals surface area contributed by atoms with E-state index < -0.39 is 22.2 Å². The van der Waals surface area contributed by atoms with Crippen LogP contribution in [0.5, 0.6) is 5.75 Å². The van der Waals surface area contributed by atoms with E-state index in [2.05, 4.69) is 16.8 Å². The third kappa shape index (κ3) is 5.71. The molecule has 1 N–H and O–H groups in total. The van der Waals surface area contributed by atoms with Crippen LogP contribution >= 0.6 is 0 Å². The highest BCUT2D eigenvalue weighted by Crippen LogP contribution is 2.34. The summed E-state index contributed by atoms with van der Waals surface area (Å²) in [6.45, 7) is 5.16. The molecule has 1 aromatic heterocycles. The van der Waals surface area contributed by atoms with Gasteiger partial charge in [-0.3, -0.25) is 9.78 Å². The molecule has 0 aliphatic carbocycles. The van der Waals surface area contributed by atoms with Gasteiger partial charge in [0, 0.05) is 56.0 Å². The van der Waals surface area contributed by atoms with Crippen molar-refractivity contribution in [1.82, 2.24) is 14.2 Å². The molecule has 0 spiro atoms. The monoisotopic (exact) mass is 471 g/mol. The smallest absolute Gasteiger partial charge is 0.247 e. The Morgan fingerprint density at radius 1 is 1.27 bits per heavy atom. The van der Waals surface area contributed by atoms with Gasteiger partial charge in [0.05, 0.1) is 13.2 Å². The standard InChI is InChI=1S/C24H29N3O5S/c1-17-14-27(18(2)16-28)33(30,31)24-8-7-21(6-5-20-9-11-25-12-10-20)13-22(24)32-23(17)15-26(4)19(3)29/h7-13,17-18,23,28H,14-16H2,1-4H3/t17-,18+,23-/m0/s1. The number of nitrogens with zero attached hydrogens (tertiary/aromatic N) is 3. The molecule has 1 aliphatic rings. The number of benzene rings is 1. The summed E-state index contributed by atoms with van der Waals surface area (Å²) in [6.07, 6.45) is 2.84. The quantitative estimate of drug-likeness (QED) is 0.682. The molecular weight excluding hydrogens is 442 g/mol. The van der Waals surface area contributed by atoms with Gasteiger partial charge in [-0.1, -0.05) is 18.8 Å². The lowest BCUT2D eigenvalue weighted by Gasteiger charge is -2.37. The van der Waals surface area contributed by atoms with Crippen LogP contribution in [0.3, 0.4) is 0 Å². The van der Waals surface area contributed by atoms with Gasteiger partial charge >= 0.3 is 0 Å². The van der Waals surface area contributed by atoms with Crippen LogP contribution < -0.4 is 4.74 Å². The van der Waals surface area contributed by atoms with Crippen LogP contribution in [-0.4, -0.2) is 72.5 Å². The van der Waals surface area contributed by atoms with Gasteiger partial charge < -0.3 is 14.7 Å². The Balaban J connectivity index is 2.08. The minimum absolute atomic E-state index is 0.0136. The minimum Gasteiger partial charge on any atom is -0.487 e. The van der Waals surface area contributed by atoms with Crippen LogP contribution in [0.2, 0.25) is 0 Å². The van der Waals surface area contributed by atoms with Crippen molar-refractivity contribution < 1.29 is 23.1 Å². The predicted molar refractivity (Wildman–Crippen MR) is 124 cm³/mol. The molecule has 33 heavy (non-hydrogen) atoms. The van der Waals surface area contributed by atoms with Crippen molar-refractivity contribution in [3.05, 3.63) is 53.9 Å². The Morgan fingerprint density at radius 3 is 2.58 bits per heavy atom. The molecule has 3 atom stereocenters. The van der Waals surface area contributed by atoms with E-state index in [1.165, 1.54) is 17.3 Å². The van der Waals surface area contributed by atoms with Crippen LogP contribution in [0, 0.1) is 17.8 Å². The van der Waals surface area contributed by atoms with E-state index in [1.54, 1.807) is 55.5 Å². The number of amides is 1. The maximum Gasteiger partial charge on any atom is 0.247 e. The Kier molecular flexibility index (Phi) is 7.74. The highest BCUT2D eigenvalue weighted by Gasteiger charge is 2.38. The van der Waals surface area contributed by atoms with Gasteiger partial charge in [-0.2, -0.15) is 4.31 Å². The van der Waals surface area contributed by atoms with E-state index in [-0.39, 0.29) is 35.6 Å². The number of likely N-dealkylation sites (N-methyl/N-ethyl adjacent to an activating group) is 1. The first-order chi connectivity index (χ1) is 15.6. The lowest BCUT2D eigenvalue weighted by molar-refractivity contribution is -0.129. The normalized spacial score (nSPS) is 20.8. The highest BCUT2D eigenvalue weighted by atomic mass is 32.2. The molecule has 176 valence electrons. The number of hydrogen-bond donors (Lipinski definition) is 1. The average Bonchev–Trinajstić information content (AvgIpc) is 2.79. The molecule has 0 saturated carbocycles. The molecule has 0 radical (unpaired) electrons. The summed E-state index contributed by atoms with van der Waals surface area (Å²) in [5.41, 5.74) is 1.37. The van der Waals surface area contributed by atoms with Crippen LogP contribution in [-0.2, 0) is 14.8 Å². The number of fused-ring (bicyclic) bond motifs is 1. The van der Waals surface area contributed by atoms with Gasteiger partial charge in [0.2, 0.25) is 15.9 Å². The molecule has 2 aromatic rings.